The summed E-state index contributed by atoms with van der Waals surface area (Å²) in [6, 6.07) is 6.74. The Hall–Kier alpha value is -1.11. The molecule has 0 fully saturated rings. The Balaban J connectivity index is 2.70. The molecule has 106 valence electrons. The summed E-state index contributed by atoms with van der Waals surface area (Å²) in [4.78, 5) is 11.6. The van der Waals surface area contributed by atoms with Crippen molar-refractivity contribution in [1.82, 2.24) is 0 Å². The zero-order chi connectivity index (χ0) is 14.6. The quantitative estimate of drug-likeness (QED) is 0.740. The van der Waals surface area contributed by atoms with E-state index in [1.165, 1.54) is 16.7 Å². The monoisotopic (exact) mass is 260 g/mol. The number of carbonyl (C=O) groups excluding carboxylic acids is 1. The van der Waals surface area contributed by atoms with Gasteiger partial charge >= 0.3 is 0 Å². The number of benzene rings is 1. The first-order valence-electron chi connectivity index (χ1n) is 7.34. The van der Waals surface area contributed by atoms with E-state index in [4.69, 9.17) is 0 Å². The van der Waals surface area contributed by atoms with Crippen molar-refractivity contribution in [1.29, 1.82) is 0 Å². The zero-order valence-electron chi connectivity index (χ0n) is 13.3. The molecule has 0 aliphatic carbocycles. The van der Waals surface area contributed by atoms with Crippen molar-refractivity contribution in [2.24, 2.45) is 5.92 Å². The Morgan fingerprint density at radius 3 is 2.37 bits per heavy atom. The highest BCUT2D eigenvalue weighted by Gasteiger charge is 2.15. The molecule has 0 spiro atoms. The molecular weight excluding hydrogens is 232 g/mol. The number of Topliss-reactive ketones (excluding diaryl/α,β-unsaturated/α-hetero) is 1. The summed E-state index contributed by atoms with van der Waals surface area (Å²) in [5.41, 5.74) is 4.30. The molecule has 19 heavy (non-hydrogen) atoms. The van der Waals surface area contributed by atoms with Gasteiger partial charge < -0.3 is 0 Å². The van der Waals surface area contributed by atoms with Crippen molar-refractivity contribution in [3.8, 4) is 0 Å². The summed E-state index contributed by atoms with van der Waals surface area (Å²) in [5.74, 6) is 0.548. The third-order valence-electron chi connectivity index (χ3n) is 3.73. The van der Waals surface area contributed by atoms with Crippen molar-refractivity contribution >= 4 is 5.78 Å². The molecule has 0 radical (unpaired) electrons. The predicted octanol–water partition coefficient (Wildman–Crippen LogP) is 4.84. The fourth-order valence-corrected chi connectivity index (χ4v) is 2.15. The molecule has 0 aromatic heterocycles. The largest absolute Gasteiger partial charge is 0.299 e. The average Bonchev–Trinajstić information content (AvgIpc) is 2.29. The number of aryl methyl sites for hydroxylation is 2. The van der Waals surface area contributed by atoms with E-state index >= 15 is 0 Å². The normalized spacial score (nSPS) is 11.9. The van der Waals surface area contributed by atoms with Crippen LogP contribution in [0, 0.1) is 12.8 Å². The molecular formula is C18H28O. The predicted molar refractivity (Wildman–Crippen MR) is 82.7 cm³/mol. The number of hydrogen-bond donors (Lipinski definition) is 0. The lowest BCUT2D eigenvalue weighted by Crippen LogP contribution is -2.12. The van der Waals surface area contributed by atoms with Gasteiger partial charge in [-0.25, -0.2) is 0 Å². The van der Waals surface area contributed by atoms with E-state index in [2.05, 4.69) is 45.9 Å². The molecule has 1 nitrogen and oxygen atoms in total. The van der Waals surface area contributed by atoms with Gasteiger partial charge in [0.25, 0.3) is 0 Å². The van der Waals surface area contributed by atoms with Crippen molar-refractivity contribution in [3.63, 3.8) is 0 Å². The molecule has 1 rings (SSSR count). The molecule has 0 bridgehead atoms. The molecule has 0 atom stereocenters. The van der Waals surface area contributed by atoms with Crippen LogP contribution in [-0.2, 0) is 16.6 Å². The lowest BCUT2D eigenvalue weighted by atomic mass is 9.84. The van der Waals surface area contributed by atoms with E-state index in [-0.39, 0.29) is 11.3 Å². The van der Waals surface area contributed by atoms with Gasteiger partial charge in [0.1, 0.15) is 5.78 Å². The fourth-order valence-electron chi connectivity index (χ4n) is 2.15. The Morgan fingerprint density at radius 2 is 1.84 bits per heavy atom. The van der Waals surface area contributed by atoms with Crippen LogP contribution in [0.5, 0.6) is 0 Å². The minimum atomic E-state index is 0.169. The van der Waals surface area contributed by atoms with Gasteiger partial charge in [0.2, 0.25) is 0 Å². The highest BCUT2D eigenvalue weighted by Crippen LogP contribution is 2.25. The van der Waals surface area contributed by atoms with Gasteiger partial charge in [-0.2, -0.15) is 0 Å². The van der Waals surface area contributed by atoms with Gasteiger partial charge in [-0.3, -0.25) is 4.79 Å². The van der Waals surface area contributed by atoms with E-state index in [9.17, 15) is 4.79 Å². The molecule has 0 heterocycles. The van der Waals surface area contributed by atoms with E-state index in [1.807, 2.05) is 13.8 Å². The van der Waals surface area contributed by atoms with Crippen molar-refractivity contribution in [3.05, 3.63) is 34.9 Å². The lowest BCUT2D eigenvalue weighted by Gasteiger charge is -2.21. The minimum Gasteiger partial charge on any atom is -0.299 e. The molecule has 0 N–H and O–H groups in total. The van der Waals surface area contributed by atoms with Gasteiger partial charge in [0, 0.05) is 12.3 Å². The molecule has 1 aromatic carbocycles. The Kier molecular flexibility index (Phi) is 5.34. The lowest BCUT2D eigenvalue weighted by molar-refractivity contribution is -0.121. The van der Waals surface area contributed by atoms with Crippen LogP contribution in [0.3, 0.4) is 0 Å². The third kappa shape index (κ3) is 4.81. The fraction of sp³-hybridized carbons (Fsp3) is 0.611. The first-order chi connectivity index (χ1) is 8.71. The molecule has 0 saturated heterocycles. The summed E-state index contributed by atoms with van der Waals surface area (Å²) >= 11 is 0. The minimum absolute atomic E-state index is 0.169. The Labute approximate surface area is 118 Å². The molecule has 0 unspecified atom stereocenters. The molecule has 1 heteroatoms. The van der Waals surface area contributed by atoms with E-state index in [0.717, 1.165) is 12.8 Å². The topological polar surface area (TPSA) is 17.1 Å². The second-order valence-corrected chi connectivity index (χ2v) is 6.87. The summed E-state index contributed by atoms with van der Waals surface area (Å²) in [7, 11) is 0. The number of ketones is 1. The van der Waals surface area contributed by atoms with Crippen LogP contribution < -0.4 is 0 Å². The van der Waals surface area contributed by atoms with E-state index < -0.39 is 0 Å². The van der Waals surface area contributed by atoms with Crippen LogP contribution in [0.2, 0.25) is 0 Å². The average molecular weight is 260 g/mol. The first-order valence-corrected chi connectivity index (χ1v) is 7.34. The van der Waals surface area contributed by atoms with Gasteiger partial charge in [-0.05, 0) is 41.9 Å². The molecule has 0 aliphatic rings. The number of hydrogen-bond acceptors (Lipinski definition) is 1. The standard InChI is InChI=1S/C18H28O/c1-13(2)17(19)9-7-8-15-12-16(18(4,5)6)11-10-14(15)3/h10-13H,7-9H2,1-6H3. The molecule has 0 amide bonds. The van der Waals surface area contributed by atoms with Crippen LogP contribution in [0.4, 0.5) is 0 Å². The van der Waals surface area contributed by atoms with Gasteiger partial charge in [-0.1, -0.05) is 52.8 Å². The van der Waals surface area contributed by atoms with Crippen LogP contribution in [0.1, 0.15) is 64.2 Å². The first kappa shape index (κ1) is 15.9. The molecule has 1 aromatic rings. The summed E-state index contributed by atoms with van der Waals surface area (Å²) in [6.07, 6.45) is 2.68. The molecule has 0 saturated carbocycles. The third-order valence-corrected chi connectivity index (χ3v) is 3.73. The van der Waals surface area contributed by atoms with E-state index in [1.54, 1.807) is 0 Å². The van der Waals surface area contributed by atoms with Crippen molar-refractivity contribution < 1.29 is 4.79 Å². The van der Waals surface area contributed by atoms with Crippen molar-refractivity contribution in [2.45, 2.75) is 66.2 Å². The van der Waals surface area contributed by atoms with Crippen molar-refractivity contribution in [2.75, 3.05) is 0 Å². The van der Waals surface area contributed by atoms with Crippen LogP contribution in [0.15, 0.2) is 18.2 Å². The van der Waals surface area contributed by atoms with Crippen LogP contribution >= 0.6 is 0 Å². The maximum atomic E-state index is 11.6. The van der Waals surface area contributed by atoms with Crippen LogP contribution in [0.25, 0.3) is 0 Å². The molecule has 0 aliphatic heterocycles. The number of carbonyl (C=O) groups is 1. The maximum Gasteiger partial charge on any atom is 0.135 e. The summed E-state index contributed by atoms with van der Waals surface area (Å²) in [5, 5.41) is 0. The Bertz CT molecular complexity index is 435. The van der Waals surface area contributed by atoms with Gasteiger partial charge in [0.15, 0.2) is 0 Å². The van der Waals surface area contributed by atoms with E-state index in [0.29, 0.717) is 12.2 Å². The summed E-state index contributed by atoms with van der Waals surface area (Å²) in [6.45, 7) is 12.8. The second kappa shape index (κ2) is 6.36. The van der Waals surface area contributed by atoms with Crippen LogP contribution in [-0.4, -0.2) is 5.78 Å². The summed E-state index contributed by atoms with van der Waals surface area (Å²) < 4.78 is 0. The highest BCUT2D eigenvalue weighted by atomic mass is 16.1. The Morgan fingerprint density at radius 1 is 1.21 bits per heavy atom. The van der Waals surface area contributed by atoms with Gasteiger partial charge in [-0.15, -0.1) is 0 Å². The highest BCUT2D eigenvalue weighted by molar-refractivity contribution is 5.80. The maximum absolute atomic E-state index is 11.6. The number of rotatable bonds is 5. The smallest absolute Gasteiger partial charge is 0.135 e. The SMILES string of the molecule is Cc1ccc(C(C)(C)C)cc1CCCC(=O)C(C)C. The zero-order valence-corrected chi connectivity index (χ0v) is 13.3. The second-order valence-electron chi connectivity index (χ2n) is 6.87. The van der Waals surface area contributed by atoms with Gasteiger partial charge in [0.05, 0.1) is 0 Å².